The minimum Gasteiger partial charge on any atom is -0.484 e. The molecule has 0 saturated heterocycles. The molecular weight excluding hydrogens is 430 g/mol. The van der Waals surface area contributed by atoms with E-state index in [9.17, 15) is 9.59 Å². The van der Waals surface area contributed by atoms with Gasteiger partial charge in [-0.25, -0.2) is 4.98 Å². The Balaban J connectivity index is 1.20. The standard InChI is InChI=1S/C23H19N3O3S2/c27-21(14-29-17-8-7-15-4-1-2-5-16(15)12-17)26-10-9-18-20(13-26)31-23(24-18)25-22(28)19-6-3-11-30-19/h1-8,11-12H,9-10,13-14H2,(H,24,25,28). The Labute approximate surface area is 187 Å². The summed E-state index contributed by atoms with van der Waals surface area (Å²) in [6.07, 6.45) is 0.669. The van der Waals surface area contributed by atoms with Crippen molar-refractivity contribution >= 4 is 50.4 Å². The number of thiophene rings is 1. The molecule has 1 aliphatic heterocycles. The van der Waals surface area contributed by atoms with E-state index in [-0.39, 0.29) is 18.4 Å². The van der Waals surface area contributed by atoms with E-state index in [2.05, 4.69) is 10.3 Å². The number of rotatable bonds is 5. The molecule has 1 aliphatic rings. The predicted octanol–water partition coefficient (Wildman–Crippen LogP) is 4.57. The summed E-state index contributed by atoms with van der Waals surface area (Å²) in [7, 11) is 0. The van der Waals surface area contributed by atoms with Crippen molar-refractivity contribution in [2.75, 3.05) is 18.5 Å². The van der Waals surface area contributed by atoms with Gasteiger partial charge in [-0.15, -0.1) is 11.3 Å². The van der Waals surface area contributed by atoms with Crippen LogP contribution in [0.4, 0.5) is 5.13 Å². The molecular formula is C23H19N3O3S2. The molecule has 2 aromatic heterocycles. The second-order valence-electron chi connectivity index (χ2n) is 7.18. The van der Waals surface area contributed by atoms with Crippen LogP contribution in [0.1, 0.15) is 20.2 Å². The van der Waals surface area contributed by atoms with Crippen molar-refractivity contribution in [2.45, 2.75) is 13.0 Å². The molecule has 0 saturated carbocycles. The largest absolute Gasteiger partial charge is 0.484 e. The molecule has 0 spiro atoms. The lowest BCUT2D eigenvalue weighted by atomic mass is 10.1. The molecule has 0 aliphatic carbocycles. The number of aromatic nitrogens is 1. The maximum Gasteiger partial charge on any atom is 0.267 e. The number of amides is 2. The number of nitrogens with one attached hydrogen (secondary N) is 1. The molecule has 0 atom stereocenters. The van der Waals surface area contributed by atoms with E-state index in [4.69, 9.17) is 4.74 Å². The summed E-state index contributed by atoms with van der Waals surface area (Å²) in [5.74, 6) is 0.468. The van der Waals surface area contributed by atoms with Crippen LogP contribution in [0.2, 0.25) is 0 Å². The summed E-state index contributed by atoms with van der Waals surface area (Å²) in [6.45, 7) is 1.07. The number of fused-ring (bicyclic) bond motifs is 2. The number of ether oxygens (including phenoxy) is 1. The van der Waals surface area contributed by atoms with E-state index in [0.717, 1.165) is 21.3 Å². The van der Waals surface area contributed by atoms with Gasteiger partial charge in [0.15, 0.2) is 11.7 Å². The van der Waals surface area contributed by atoms with Gasteiger partial charge in [0.1, 0.15) is 5.75 Å². The zero-order chi connectivity index (χ0) is 21.2. The molecule has 2 amide bonds. The predicted molar refractivity (Wildman–Crippen MR) is 123 cm³/mol. The molecule has 156 valence electrons. The first-order valence-electron chi connectivity index (χ1n) is 9.88. The number of carbonyl (C=O) groups is 2. The minimum absolute atomic E-state index is 0.00551. The second kappa shape index (κ2) is 8.49. The van der Waals surface area contributed by atoms with Gasteiger partial charge in [-0.3, -0.25) is 14.9 Å². The number of nitrogens with zero attached hydrogens (tertiary/aromatic N) is 2. The highest BCUT2D eigenvalue weighted by Gasteiger charge is 2.25. The van der Waals surface area contributed by atoms with Crippen molar-refractivity contribution in [3.8, 4) is 5.75 Å². The number of hydrogen-bond donors (Lipinski definition) is 1. The number of thiazole rings is 1. The third kappa shape index (κ3) is 4.30. The SMILES string of the molecule is O=C(Nc1nc2c(s1)CN(C(=O)COc1ccc3ccccc3c1)CC2)c1cccs1. The molecule has 4 aromatic rings. The maximum atomic E-state index is 12.7. The zero-order valence-electron chi connectivity index (χ0n) is 16.5. The van der Waals surface area contributed by atoms with Crippen LogP contribution in [0, 0.1) is 0 Å². The average molecular weight is 450 g/mol. The lowest BCUT2D eigenvalue weighted by Crippen LogP contribution is -2.38. The highest BCUT2D eigenvalue weighted by molar-refractivity contribution is 7.16. The molecule has 5 rings (SSSR count). The second-order valence-corrected chi connectivity index (χ2v) is 9.21. The van der Waals surface area contributed by atoms with Gasteiger partial charge in [0, 0.05) is 17.8 Å². The highest BCUT2D eigenvalue weighted by atomic mass is 32.1. The molecule has 0 bridgehead atoms. The van der Waals surface area contributed by atoms with Crippen LogP contribution in [0.15, 0.2) is 60.0 Å². The fourth-order valence-corrected chi connectivity index (χ4v) is 5.16. The van der Waals surface area contributed by atoms with Crippen LogP contribution >= 0.6 is 22.7 Å². The molecule has 3 heterocycles. The van der Waals surface area contributed by atoms with Crippen molar-refractivity contribution in [3.05, 3.63) is 75.4 Å². The zero-order valence-corrected chi connectivity index (χ0v) is 18.2. The normalized spacial score (nSPS) is 13.1. The fraction of sp³-hybridized carbons (Fsp3) is 0.174. The van der Waals surface area contributed by atoms with Crippen LogP contribution < -0.4 is 10.1 Å². The van der Waals surface area contributed by atoms with Crippen LogP contribution in [-0.2, 0) is 17.8 Å². The summed E-state index contributed by atoms with van der Waals surface area (Å²) in [5.41, 5.74) is 0.950. The summed E-state index contributed by atoms with van der Waals surface area (Å²) in [6, 6.07) is 17.5. The van der Waals surface area contributed by atoms with E-state index in [1.54, 1.807) is 11.0 Å². The lowest BCUT2D eigenvalue weighted by Gasteiger charge is -2.26. The van der Waals surface area contributed by atoms with E-state index in [0.29, 0.717) is 35.3 Å². The Bertz CT molecular complexity index is 1250. The lowest BCUT2D eigenvalue weighted by molar-refractivity contribution is -0.134. The fourth-order valence-electron chi connectivity index (χ4n) is 3.52. The van der Waals surface area contributed by atoms with Crippen LogP contribution in [0.3, 0.4) is 0 Å². The van der Waals surface area contributed by atoms with Crippen LogP contribution in [-0.4, -0.2) is 34.8 Å². The Kier molecular flexibility index (Phi) is 5.40. The van der Waals surface area contributed by atoms with Gasteiger partial charge in [0.2, 0.25) is 0 Å². The molecule has 31 heavy (non-hydrogen) atoms. The Morgan fingerprint density at radius 3 is 2.81 bits per heavy atom. The Morgan fingerprint density at radius 1 is 1.10 bits per heavy atom. The van der Waals surface area contributed by atoms with Gasteiger partial charge < -0.3 is 9.64 Å². The average Bonchev–Trinajstić information content (AvgIpc) is 3.46. The number of anilines is 1. The molecule has 2 aromatic carbocycles. The van der Waals surface area contributed by atoms with Crippen LogP contribution in [0.5, 0.6) is 5.75 Å². The van der Waals surface area contributed by atoms with Crippen molar-refractivity contribution in [1.82, 2.24) is 9.88 Å². The van der Waals surface area contributed by atoms with Crippen molar-refractivity contribution < 1.29 is 14.3 Å². The van der Waals surface area contributed by atoms with Gasteiger partial charge >= 0.3 is 0 Å². The summed E-state index contributed by atoms with van der Waals surface area (Å²) in [5, 5.41) is 7.51. The van der Waals surface area contributed by atoms with Gasteiger partial charge in [0.25, 0.3) is 11.8 Å². The van der Waals surface area contributed by atoms with E-state index < -0.39 is 0 Å². The van der Waals surface area contributed by atoms with Gasteiger partial charge in [0.05, 0.1) is 17.1 Å². The smallest absolute Gasteiger partial charge is 0.267 e. The first kappa shape index (κ1) is 19.7. The molecule has 0 radical (unpaired) electrons. The highest BCUT2D eigenvalue weighted by Crippen LogP contribution is 2.29. The number of carbonyl (C=O) groups excluding carboxylic acids is 2. The minimum atomic E-state index is -0.155. The Hall–Kier alpha value is -3.23. The number of hydrogen-bond acceptors (Lipinski definition) is 6. The van der Waals surface area contributed by atoms with E-state index in [1.807, 2.05) is 53.9 Å². The quantitative estimate of drug-likeness (QED) is 0.484. The van der Waals surface area contributed by atoms with Crippen molar-refractivity contribution in [1.29, 1.82) is 0 Å². The molecule has 6 nitrogen and oxygen atoms in total. The first-order chi connectivity index (χ1) is 15.2. The summed E-state index contributed by atoms with van der Waals surface area (Å²) < 4.78 is 5.76. The van der Waals surface area contributed by atoms with Gasteiger partial charge in [-0.05, 0) is 34.4 Å². The third-order valence-electron chi connectivity index (χ3n) is 5.13. The topological polar surface area (TPSA) is 71.5 Å². The van der Waals surface area contributed by atoms with Crippen LogP contribution in [0.25, 0.3) is 10.8 Å². The van der Waals surface area contributed by atoms with Gasteiger partial charge in [-0.1, -0.05) is 47.7 Å². The van der Waals surface area contributed by atoms with E-state index in [1.165, 1.54) is 22.7 Å². The number of benzene rings is 2. The molecule has 0 fully saturated rings. The summed E-state index contributed by atoms with van der Waals surface area (Å²) >= 11 is 2.82. The first-order valence-corrected chi connectivity index (χ1v) is 11.6. The maximum absolute atomic E-state index is 12.7. The van der Waals surface area contributed by atoms with E-state index >= 15 is 0 Å². The summed E-state index contributed by atoms with van der Waals surface area (Å²) in [4.78, 5) is 32.9. The molecule has 1 N–H and O–H groups in total. The Morgan fingerprint density at radius 2 is 1.97 bits per heavy atom. The van der Waals surface area contributed by atoms with Crippen molar-refractivity contribution in [3.63, 3.8) is 0 Å². The third-order valence-corrected chi connectivity index (χ3v) is 7.00. The van der Waals surface area contributed by atoms with Gasteiger partial charge in [-0.2, -0.15) is 0 Å². The van der Waals surface area contributed by atoms with Crippen molar-refractivity contribution in [2.24, 2.45) is 0 Å². The monoisotopic (exact) mass is 449 g/mol. The molecule has 0 unspecified atom stereocenters. The molecule has 8 heteroatoms.